The van der Waals surface area contributed by atoms with E-state index in [-0.39, 0.29) is 12.3 Å². The van der Waals surface area contributed by atoms with Gasteiger partial charge in [0, 0.05) is 24.2 Å². The van der Waals surface area contributed by atoms with E-state index in [1.165, 1.54) is 0 Å². The Balaban J connectivity index is 1.23. The van der Waals surface area contributed by atoms with E-state index in [0.29, 0.717) is 13.2 Å². The molecule has 0 unspecified atom stereocenters. The number of hydrogen-bond acceptors (Lipinski definition) is 11. The summed E-state index contributed by atoms with van der Waals surface area (Å²) in [7, 11) is -3.82. The van der Waals surface area contributed by atoms with Crippen LogP contribution in [0.1, 0.15) is 55.4 Å². The Morgan fingerprint density at radius 3 is 1.31 bits per heavy atom. The van der Waals surface area contributed by atoms with Gasteiger partial charge in [-0.2, -0.15) is 0 Å². The van der Waals surface area contributed by atoms with Crippen LogP contribution in [0.15, 0.2) is 0 Å². The van der Waals surface area contributed by atoms with Crippen LogP contribution in [0.4, 0.5) is 0 Å². The summed E-state index contributed by atoms with van der Waals surface area (Å²) < 4.78 is 74.7. The van der Waals surface area contributed by atoms with Gasteiger partial charge in [0.1, 0.15) is 24.4 Å². The highest BCUT2D eigenvalue weighted by Gasteiger charge is 2.62. The fourth-order valence-electron chi connectivity index (χ4n) is 6.82. The van der Waals surface area contributed by atoms with Crippen LogP contribution in [0.3, 0.4) is 0 Å². The largest absolute Gasteiger partial charge is 0.348 e. The summed E-state index contributed by atoms with van der Waals surface area (Å²) in [4.78, 5) is 11.6. The van der Waals surface area contributed by atoms with Crippen LogP contribution in [-0.2, 0) is 51.9 Å². The molecule has 0 aromatic carbocycles. The van der Waals surface area contributed by atoms with E-state index >= 15 is 0 Å². The van der Waals surface area contributed by atoms with Gasteiger partial charge in [0.05, 0.1) is 25.4 Å². The van der Waals surface area contributed by atoms with Crippen molar-refractivity contribution in [2.24, 2.45) is 11.8 Å². The highest BCUT2D eigenvalue weighted by Crippen LogP contribution is 2.55. The molecule has 13 heteroatoms. The van der Waals surface area contributed by atoms with E-state index in [4.69, 9.17) is 47.4 Å². The first-order chi connectivity index (χ1) is 17.9. The highest BCUT2D eigenvalue weighted by atomic mass is 31.2. The molecule has 6 saturated heterocycles. The summed E-state index contributed by atoms with van der Waals surface area (Å²) >= 11 is 0. The minimum absolute atomic E-state index is 0.0447. The lowest BCUT2D eigenvalue weighted by atomic mass is 9.96. The second-order valence-corrected chi connectivity index (χ2v) is 15.8. The summed E-state index contributed by atoms with van der Waals surface area (Å²) in [5, 5.41) is 0. The van der Waals surface area contributed by atoms with Gasteiger partial charge in [-0.25, -0.2) is 0 Å². The molecule has 39 heavy (non-hydrogen) atoms. The van der Waals surface area contributed by atoms with Crippen molar-refractivity contribution in [1.82, 2.24) is 0 Å². The Labute approximate surface area is 229 Å². The molecule has 6 aliphatic heterocycles. The summed E-state index contributed by atoms with van der Waals surface area (Å²) in [6.45, 7) is 15.2. The molecule has 10 atom stereocenters. The van der Waals surface area contributed by atoms with Gasteiger partial charge in [-0.1, -0.05) is 0 Å². The van der Waals surface area contributed by atoms with Crippen LogP contribution in [0.5, 0.6) is 0 Å². The minimum atomic E-state index is -3.82. The van der Waals surface area contributed by atoms with E-state index in [1.807, 2.05) is 55.4 Å². The third kappa shape index (κ3) is 5.75. The molecule has 6 heterocycles. The second kappa shape index (κ2) is 9.39. The van der Waals surface area contributed by atoms with Crippen LogP contribution >= 0.6 is 7.37 Å². The predicted octanol–water partition coefficient (Wildman–Crippen LogP) is 2.55. The first-order valence-electron chi connectivity index (χ1n) is 13.9. The molecule has 0 spiro atoms. The Morgan fingerprint density at radius 1 is 0.590 bits per heavy atom. The average molecular weight is 579 g/mol. The molecular weight excluding hydrogens is 535 g/mol. The quantitative estimate of drug-likeness (QED) is 0.465. The lowest BCUT2D eigenvalue weighted by Gasteiger charge is -2.32. The van der Waals surface area contributed by atoms with Crippen molar-refractivity contribution >= 4 is 7.37 Å². The first-order valence-corrected chi connectivity index (χ1v) is 15.9. The molecule has 0 bridgehead atoms. The third-order valence-electron chi connectivity index (χ3n) is 8.23. The summed E-state index contributed by atoms with van der Waals surface area (Å²) in [5.41, 5.74) is 0. The first kappa shape index (κ1) is 28.9. The Morgan fingerprint density at radius 2 is 0.974 bits per heavy atom. The maximum atomic E-state index is 14.1. The lowest BCUT2D eigenvalue weighted by Crippen LogP contribution is -2.42. The van der Waals surface area contributed by atoms with Crippen molar-refractivity contribution in [1.29, 1.82) is 0 Å². The highest BCUT2D eigenvalue weighted by molar-refractivity contribution is 7.58. The summed E-state index contributed by atoms with van der Waals surface area (Å²) in [6, 6.07) is 0. The predicted molar refractivity (Wildman–Crippen MR) is 134 cm³/mol. The van der Waals surface area contributed by atoms with Crippen molar-refractivity contribution in [2.45, 2.75) is 128 Å². The fraction of sp³-hybridized carbons (Fsp3) is 1.00. The van der Waals surface area contributed by atoms with Gasteiger partial charge < -0.3 is 52.3 Å². The smallest absolute Gasteiger partial charge is 0.201 e. The van der Waals surface area contributed by atoms with E-state index in [1.54, 1.807) is 0 Å². The van der Waals surface area contributed by atoms with Crippen molar-refractivity contribution in [2.75, 3.05) is 25.5 Å². The van der Waals surface area contributed by atoms with Crippen LogP contribution < -0.4 is 0 Å². The van der Waals surface area contributed by atoms with Gasteiger partial charge in [0.15, 0.2) is 35.7 Å². The average Bonchev–Trinajstić information content (AvgIpc) is 3.57. The standard InChI is InChI=1S/C26H43O12P/c1-23(2)29-9-15(33-23)17-13(19-21(31-17)37-25(5,6)35-19)11-39(27,28)12-14-18(16-10-30-24(3,4)34-16)32-22-20(14)36-26(7,8)38-22/h13-22H,9-12H2,1-8H3,(H,27,28)/t13-,14-,15-,16-,17+,18+,19-,20-,21-,22-/m1/s1. The Hall–Kier alpha value is -0.210. The maximum Gasteiger partial charge on any atom is 0.201 e. The zero-order valence-corrected chi connectivity index (χ0v) is 24.9. The molecule has 224 valence electrons. The van der Waals surface area contributed by atoms with E-state index in [9.17, 15) is 9.46 Å². The van der Waals surface area contributed by atoms with Crippen LogP contribution in [0, 0.1) is 11.8 Å². The van der Waals surface area contributed by atoms with Crippen molar-refractivity contribution in [3.63, 3.8) is 0 Å². The summed E-state index contributed by atoms with van der Waals surface area (Å²) in [5.74, 6) is -4.17. The van der Waals surface area contributed by atoms with Crippen molar-refractivity contribution in [3.05, 3.63) is 0 Å². The van der Waals surface area contributed by atoms with Crippen molar-refractivity contribution in [3.8, 4) is 0 Å². The van der Waals surface area contributed by atoms with Gasteiger partial charge in [-0.3, -0.25) is 4.57 Å². The normalized spacial score (nSPS) is 47.5. The third-order valence-corrected chi connectivity index (χ3v) is 10.2. The van der Waals surface area contributed by atoms with Crippen molar-refractivity contribution < 1.29 is 56.8 Å². The van der Waals surface area contributed by atoms with E-state index in [0.717, 1.165) is 0 Å². The van der Waals surface area contributed by atoms with Gasteiger partial charge in [-0.15, -0.1) is 0 Å². The van der Waals surface area contributed by atoms with E-state index < -0.39 is 91.6 Å². The monoisotopic (exact) mass is 578 g/mol. The number of hydrogen-bond donors (Lipinski definition) is 1. The van der Waals surface area contributed by atoms with Crippen LogP contribution in [0.25, 0.3) is 0 Å². The number of fused-ring (bicyclic) bond motifs is 2. The molecular formula is C26H43O12P. The number of ether oxygens (including phenoxy) is 10. The maximum absolute atomic E-state index is 14.1. The van der Waals surface area contributed by atoms with E-state index in [2.05, 4.69) is 0 Å². The molecule has 0 amide bonds. The number of rotatable bonds is 6. The molecule has 0 aromatic rings. The molecule has 0 aromatic heterocycles. The molecule has 6 rings (SSSR count). The Kier molecular flexibility index (Phi) is 6.96. The molecule has 12 nitrogen and oxygen atoms in total. The molecule has 0 aliphatic carbocycles. The van der Waals surface area contributed by atoms with Crippen LogP contribution in [-0.4, -0.2) is 103 Å². The van der Waals surface area contributed by atoms with Gasteiger partial charge >= 0.3 is 0 Å². The zero-order valence-electron chi connectivity index (χ0n) is 24.0. The van der Waals surface area contributed by atoms with Gasteiger partial charge in [0.2, 0.25) is 7.37 Å². The second-order valence-electron chi connectivity index (χ2n) is 13.4. The minimum Gasteiger partial charge on any atom is -0.348 e. The fourth-order valence-corrected chi connectivity index (χ4v) is 9.12. The SMILES string of the molecule is CC1(C)O[C@H]2O[C@H]([C@H]3COC(C)(C)O3)[C@@H](CP(=O)(O)C[C@H]3[C@H]4OC(C)(C)O[C@H]4O[C@@H]3[C@H]3COC(C)(C)O3)[C@H]2O1. The zero-order chi connectivity index (χ0) is 28.2. The molecule has 0 radical (unpaired) electrons. The summed E-state index contributed by atoms with van der Waals surface area (Å²) in [6.07, 6.45) is -4.34. The lowest BCUT2D eigenvalue weighted by molar-refractivity contribution is -0.226. The molecule has 6 fully saturated rings. The topological polar surface area (TPSA) is 130 Å². The molecule has 0 saturated carbocycles. The molecule has 6 aliphatic rings. The van der Waals surface area contributed by atoms with Gasteiger partial charge in [0.25, 0.3) is 0 Å². The van der Waals surface area contributed by atoms with Gasteiger partial charge in [-0.05, 0) is 55.4 Å². The van der Waals surface area contributed by atoms with Crippen LogP contribution in [0.2, 0.25) is 0 Å². The Bertz CT molecular complexity index is 925. The molecule has 1 N–H and O–H groups in total.